The molecule has 0 saturated carbocycles. The fraction of sp³-hybridized carbons (Fsp3) is 1.00. The summed E-state index contributed by atoms with van der Waals surface area (Å²) in [4.78, 5) is 2.02. The van der Waals surface area contributed by atoms with Gasteiger partial charge in [-0.25, -0.2) is 0 Å². The Hall–Kier alpha value is -0.120. The lowest BCUT2D eigenvalue weighted by Crippen LogP contribution is -2.22. The molecule has 0 aromatic carbocycles. The highest BCUT2D eigenvalue weighted by atomic mass is 16.3. The molecule has 0 radical (unpaired) electrons. The van der Waals surface area contributed by atoms with E-state index >= 15 is 0 Å². The zero-order valence-corrected chi connectivity index (χ0v) is 5.62. The Kier molecular flexibility index (Phi) is 2.05. The number of hydrogen-bond acceptors (Lipinski definition) is 3. The Bertz CT molecular complexity index is 87.1. The van der Waals surface area contributed by atoms with Crippen LogP contribution in [0.5, 0.6) is 0 Å². The fourth-order valence-corrected chi connectivity index (χ4v) is 1.11. The summed E-state index contributed by atoms with van der Waals surface area (Å²) < 4.78 is 0. The number of nitrogens with zero attached hydrogens (tertiary/aromatic N) is 1. The van der Waals surface area contributed by atoms with Gasteiger partial charge in [-0.1, -0.05) is 6.92 Å². The van der Waals surface area contributed by atoms with Crippen molar-refractivity contribution in [1.29, 1.82) is 0 Å². The van der Waals surface area contributed by atoms with E-state index in [1.807, 2.05) is 11.8 Å². The normalized spacial score (nSPS) is 37.7. The maximum absolute atomic E-state index is 9.01. The highest BCUT2D eigenvalue weighted by Crippen LogP contribution is 2.07. The zero-order valence-electron chi connectivity index (χ0n) is 5.62. The third-order valence-electron chi connectivity index (χ3n) is 1.78. The Labute approximate surface area is 54.9 Å². The van der Waals surface area contributed by atoms with Crippen molar-refractivity contribution >= 4 is 0 Å². The monoisotopic (exact) mass is 131 g/mol. The van der Waals surface area contributed by atoms with Crippen LogP contribution in [-0.4, -0.2) is 47.0 Å². The topological polar surface area (TPSA) is 43.7 Å². The molecular formula is C6H13NO2. The Balaban J connectivity index is 2.35. The predicted octanol–water partition coefficient (Wildman–Crippen LogP) is -0.956. The van der Waals surface area contributed by atoms with Crippen molar-refractivity contribution in [1.82, 2.24) is 4.90 Å². The molecule has 1 aliphatic rings. The Morgan fingerprint density at radius 1 is 1.33 bits per heavy atom. The molecule has 0 aromatic heterocycles. The quantitative estimate of drug-likeness (QED) is 0.482. The molecule has 1 fully saturated rings. The lowest BCUT2D eigenvalue weighted by Gasteiger charge is -2.08. The highest BCUT2D eigenvalue weighted by molar-refractivity contribution is 4.81. The van der Waals surface area contributed by atoms with Gasteiger partial charge >= 0.3 is 0 Å². The summed E-state index contributed by atoms with van der Waals surface area (Å²) in [5.74, 6) is 0. The van der Waals surface area contributed by atoms with Gasteiger partial charge in [-0.15, -0.1) is 0 Å². The summed E-state index contributed by atoms with van der Waals surface area (Å²) in [5, 5.41) is 18.0. The van der Waals surface area contributed by atoms with E-state index in [9.17, 15) is 0 Å². The maximum atomic E-state index is 9.01. The van der Waals surface area contributed by atoms with Crippen molar-refractivity contribution in [2.24, 2.45) is 0 Å². The van der Waals surface area contributed by atoms with E-state index in [1.165, 1.54) is 0 Å². The number of likely N-dealkylation sites (tertiary alicyclic amines) is 1. The third kappa shape index (κ3) is 1.41. The van der Waals surface area contributed by atoms with Gasteiger partial charge in [-0.3, -0.25) is 4.90 Å². The van der Waals surface area contributed by atoms with Crippen molar-refractivity contribution < 1.29 is 10.2 Å². The van der Waals surface area contributed by atoms with Crippen molar-refractivity contribution in [3.8, 4) is 0 Å². The molecule has 1 heterocycles. The Morgan fingerprint density at radius 2 is 1.78 bits per heavy atom. The van der Waals surface area contributed by atoms with Gasteiger partial charge in [0.2, 0.25) is 0 Å². The van der Waals surface area contributed by atoms with E-state index in [0.717, 1.165) is 6.54 Å². The molecule has 0 aliphatic carbocycles. The average Bonchev–Trinajstić information content (AvgIpc) is 2.13. The largest absolute Gasteiger partial charge is 0.389 e. The van der Waals surface area contributed by atoms with Crippen LogP contribution in [0.2, 0.25) is 0 Å². The number of aliphatic hydroxyl groups excluding tert-OH is 2. The van der Waals surface area contributed by atoms with E-state index in [2.05, 4.69) is 0 Å². The minimum Gasteiger partial charge on any atom is -0.389 e. The molecule has 3 heteroatoms. The van der Waals surface area contributed by atoms with Crippen LogP contribution >= 0.6 is 0 Å². The number of likely N-dealkylation sites (N-methyl/N-ethyl adjacent to an activating group) is 1. The molecule has 1 rings (SSSR count). The van der Waals surface area contributed by atoms with Gasteiger partial charge in [0.1, 0.15) is 0 Å². The molecule has 1 aliphatic heterocycles. The van der Waals surface area contributed by atoms with Gasteiger partial charge in [0.15, 0.2) is 0 Å². The lowest BCUT2D eigenvalue weighted by atomic mass is 10.3. The van der Waals surface area contributed by atoms with Crippen LogP contribution in [0.1, 0.15) is 6.92 Å². The number of aliphatic hydroxyl groups is 2. The summed E-state index contributed by atoms with van der Waals surface area (Å²) in [6, 6.07) is 0. The third-order valence-corrected chi connectivity index (χ3v) is 1.78. The van der Waals surface area contributed by atoms with Gasteiger partial charge in [0.25, 0.3) is 0 Å². The van der Waals surface area contributed by atoms with E-state index in [4.69, 9.17) is 10.2 Å². The minimum atomic E-state index is -0.523. The summed E-state index contributed by atoms with van der Waals surface area (Å²) in [6.45, 7) is 4.17. The predicted molar refractivity (Wildman–Crippen MR) is 34.1 cm³/mol. The van der Waals surface area contributed by atoms with Crippen LogP contribution in [0.4, 0.5) is 0 Å². The summed E-state index contributed by atoms with van der Waals surface area (Å²) in [5.41, 5.74) is 0. The lowest BCUT2D eigenvalue weighted by molar-refractivity contribution is 0.0572. The van der Waals surface area contributed by atoms with E-state index in [0.29, 0.717) is 13.1 Å². The van der Waals surface area contributed by atoms with Gasteiger partial charge in [-0.05, 0) is 6.54 Å². The number of rotatable bonds is 1. The number of β-amino-alcohol motifs (C(OH)–C–C–N with tert-alkyl or cyclic N) is 2. The molecule has 9 heavy (non-hydrogen) atoms. The first-order valence-electron chi connectivity index (χ1n) is 3.32. The van der Waals surface area contributed by atoms with Crippen LogP contribution in [0.3, 0.4) is 0 Å². The SMILES string of the molecule is CCN1C[C@@H](O)[C@@H](O)C1. The molecule has 3 nitrogen and oxygen atoms in total. The van der Waals surface area contributed by atoms with Crippen LogP contribution in [-0.2, 0) is 0 Å². The standard InChI is InChI=1S/C6H13NO2/c1-2-7-3-5(8)6(9)4-7/h5-6,8-9H,2-4H2,1H3/t5-,6+. The smallest absolute Gasteiger partial charge is 0.0938 e. The average molecular weight is 131 g/mol. The van der Waals surface area contributed by atoms with Crippen molar-refractivity contribution in [3.63, 3.8) is 0 Å². The fourth-order valence-electron chi connectivity index (χ4n) is 1.11. The first kappa shape index (κ1) is 6.99. The van der Waals surface area contributed by atoms with E-state index in [1.54, 1.807) is 0 Å². The van der Waals surface area contributed by atoms with Gasteiger partial charge in [0.05, 0.1) is 12.2 Å². The molecule has 0 aromatic rings. The second-order valence-corrected chi connectivity index (χ2v) is 2.49. The van der Waals surface area contributed by atoms with E-state index in [-0.39, 0.29) is 0 Å². The first-order chi connectivity index (χ1) is 4.24. The van der Waals surface area contributed by atoms with Gasteiger partial charge in [-0.2, -0.15) is 0 Å². The van der Waals surface area contributed by atoms with Crippen LogP contribution in [0.25, 0.3) is 0 Å². The maximum Gasteiger partial charge on any atom is 0.0938 e. The summed E-state index contributed by atoms with van der Waals surface area (Å²) in [7, 11) is 0. The molecule has 2 N–H and O–H groups in total. The second kappa shape index (κ2) is 2.64. The molecule has 0 amide bonds. The molecule has 2 atom stereocenters. The van der Waals surface area contributed by atoms with Crippen molar-refractivity contribution in [2.75, 3.05) is 19.6 Å². The summed E-state index contributed by atoms with van der Waals surface area (Å²) in [6.07, 6.45) is -1.05. The molecule has 0 spiro atoms. The van der Waals surface area contributed by atoms with Gasteiger partial charge < -0.3 is 10.2 Å². The van der Waals surface area contributed by atoms with Gasteiger partial charge in [0, 0.05) is 13.1 Å². The highest BCUT2D eigenvalue weighted by Gasteiger charge is 2.27. The molecule has 0 unspecified atom stereocenters. The summed E-state index contributed by atoms with van der Waals surface area (Å²) >= 11 is 0. The molecule has 1 saturated heterocycles. The minimum absolute atomic E-state index is 0.523. The van der Waals surface area contributed by atoms with Crippen LogP contribution in [0.15, 0.2) is 0 Å². The number of hydrogen-bond donors (Lipinski definition) is 2. The molecule has 0 bridgehead atoms. The van der Waals surface area contributed by atoms with Crippen molar-refractivity contribution in [3.05, 3.63) is 0 Å². The van der Waals surface area contributed by atoms with Crippen LogP contribution in [0, 0.1) is 0 Å². The Morgan fingerprint density at radius 3 is 2.00 bits per heavy atom. The first-order valence-corrected chi connectivity index (χ1v) is 3.32. The van der Waals surface area contributed by atoms with E-state index < -0.39 is 12.2 Å². The van der Waals surface area contributed by atoms with Crippen LogP contribution < -0.4 is 0 Å². The zero-order chi connectivity index (χ0) is 6.85. The second-order valence-electron chi connectivity index (χ2n) is 2.49. The molecule has 54 valence electrons. The van der Waals surface area contributed by atoms with Crippen molar-refractivity contribution in [2.45, 2.75) is 19.1 Å². The molecular weight excluding hydrogens is 118 g/mol.